The van der Waals surface area contributed by atoms with Crippen molar-refractivity contribution in [2.45, 2.75) is 87.6 Å². The molecule has 8 aromatic carbocycles. The molecule has 0 bridgehead atoms. The van der Waals surface area contributed by atoms with Crippen LogP contribution in [0, 0.1) is 36.8 Å². The van der Waals surface area contributed by atoms with Crippen LogP contribution in [0.15, 0.2) is 225 Å². The summed E-state index contributed by atoms with van der Waals surface area (Å²) in [5, 5.41) is 14.9. The maximum absolute atomic E-state index is 14.6. The summed E-state index contributed by atoms with van der Waals surface area (Å²) in [6.45, 7) is 8.21. The molecule has 0 N–H and O–H groups in total. The van der Waals surface area contributed by atoms with Crippen molar-refractivity contribution in [1.29, 1.82) is 5.26 Å². The Hall–Kier alpha value is -12.6. The number of carbonyl (C=O) groups excluding carboxylic acids is 4. The van der Waals surface area contributed by atoms with Gasteiger partial charge in [-0.15, -0.1) is 0 Å². The van der Waals surface area contributed by atoms with E-state index in [1.165, 1.54) is 38.5 Å². The smallest absolute Gasteiger partial charge is 0.256 e. The van der Waals surface area contributed by atoms with E-state index >= 15 is 0 Å². The summed E-state index contributed by atoms with van der Waals surface area (Å²) in [6, 6.07) is 63.6. The van der Waals surface area contributed by atoms with Crippen molar-refractivity contribution in [2.75, 3.05) is 66.6 Å². The number of halogens is 4. The van der Waals surface area contributed by atoms with E-state index in [4.69, 9.17) is 56.9 Å². The second kappa shape index (κ2) is 31.2. The van der Waals surface area contributed by atoms with Crippen molar-refractivity contribution in [1.82, 2.24) is 43.1 Å². The van der Waals surface area contributed by atoms with Crippen LogP contribution >= 0.6 is 23.2 Å². The Morgan fingerprint density at radius 1 is 0.444 bits per heavy atom. The molecular weight excluding hydrogens is 1530 g/mol. The second-order valence-electron chi connectivity index (χ2n) is 30.7. The quantitative estimate of drug-likeness (QED) is 0.153. The molecule has 24 heteroatoms. The molecule has 117 heavy (non-hydrogen) atoms. The molecule has 8 aliphatic heterocycles. The number of piperidine rings is 4. The van der Waals surface area contributed by atoms with Gasteiger partial charge in [-0.3, -0.25) is 23.9 Å². The maximum atomic E-state index is 14.6. The minimum absolute atomic E-state index is 0.0130. The number of fused-ring (bicyclic) bond motifs is 16. The number of aryl methyl sites for hydroxylation is 3. The summed E-state index contributed by atoms with van der Waals surface area (Å²) < 4.78 is 72.9. The standard InChI is InChI=1S/C24H22ClFN2O4.C24H21N3O2.C23H22FN3O2.C22H19ClN2O2/c1-30-20-13-16(17(26)14-21(20)31-2)23(29)27-10-7-24(8-11-27)22-4-3-9-28(22)18-6-5-15(25)12-19(18)32-24;1-17-15-18(8-9-19(17)16-25)23(28)26-13-10-24(11-14-26)22-7-4-12-27(22)20-5-2-3-6-21(20)29-24;1-15-13-16(24)7-8-17(15)22(28)27-11-9-23(10-12-27)19-14-25-26(2)21(19)18-5-3-4-6-20(18)29-23;23-17-8-9-18-19(15-17)27-22(20-7-4-12-25(18)20)10-13-24(14-11-22)21(26)16-5-2-1-3-6-16/h3-6,9,12-14H,7-8,10-11H2,1-2H3;2-9,12,15H,10-11,13-14H2,1H3;3-8,13-14H,9-12H2,1-2H3;1-9,12,15H,10-11,13-14H2. The van der Waals surface area contributed by atoms with E-state index in [1.807, 2.05) is 173 Å². The van der Waals surface area contributed by atoms with Crippen molar-refractivity contribution < 1.29 is 56.4 Å². The molecule has 12 aromatic rings. The Labute approximate surface area is 686 Å². The van der Waals surface area contributed by atoms with Crippen molar-refractivity contribution in [3.05, 3.63) is 308 Å². The molecule has 4 amide bonds. The van der Waals surface area contributed by atoms with Gasteiger partial charge >= 0.3 is 0 Å². The molecule has 0 radical (unpaired) electrons. The van der Waals surface area contributed by atoms with Crippen molar-refractivity contribution in [3.63, 3.8) is 0 Å². The summed E-state index contributed by atoms with van der Waals surface area (Å²) in [5.41, 5.74) is 11.7. The van der Waals surface area contributed by atoms with Crippen LogP contribution in [0.25, 0.3) is 28.3 Å². The molecule has 4 spiro atoms. The second-order valence-corrected chi connectivity index (χ2v) is 31.6. The summed E-state index contributed by atoms with van der Waals surface area (Å²) in [4.78, 5) is 59.2. The van der Waals surface area contributed by atoms with Gasteiger partial charge in [0, 0.05) is 185 Å². The van der Waals surface area contributed by atoms with Crippen LogP contribution in [0.1, 0.15) is 132 Å². The molecule has 4 aromatic heterocycles. The predicted molar refractivity (Wildman–Crippen MR) is 439 cm³/mol. The van der Waals surface area contributed by atoms with Crippen LogP contribution in [0.4, 0.5) is 8.78 Å². The minimum Gasteiger partial charge on any atom is -0.493 e. The summed E-state index contributed by atoms with van der Waals surface area (Å²) in [7, 11) is 4.83. The third-order valence-electron chi connectivity index (χ3n) is 24.1. The lowest BCUT2D eigenvalue weighted by Gasteiger charge is -2.45. The number of amides is 4. The number of methoxy groups -OCH3 is 2. The molecule has 20 rings (SSSR count). The van der Waals surface area contributed by atoms with Gasteiger partial charge in [0.1, 0.15) is 40.2 Å². The number of aromatic nitrogens is 5. The number of hydrogen-bond acceptors (Lipinski definition) is 12. The predicted octanol–water partition coefficient (Wildman–Crippen LogP) is 17.7. The number of benzene rings is 8. The maximum Gasteiger partial charge on any atom is 0.256 e. The fourth-order valence-electron chi connectivity index (χ4n) is 17.9. The highest BCUT2D eigenvalue weighted by Gasteiger charge is 2.50. The first-order valence-corrected chi connectivity index (χ1v) is 40.0. The number of nitrogens with zero attached hydrogens (tertiary/aromatic N) is 10. The molecule has 12 heterocycles. The third-order valence-corrected chi connectivity index (χ3v) is 24.6. The van der Waals surface area contributed by atoms with Crippen LogP contribution in [0.2, 0.25) is 10.0 Å². The van der Waals surface area contributed by atoms with Crippen molar-refractivity contribution in [2.24, 2.45) is 7.05 Å². The van der Waals surface area contributed by atoms with E-state index in [0.29, 0.717) is 122 Å². The van der Waals surface area contributed by atoms with E-state index in [0.717, 1.165) is 105 Å². The zero-order valence-electron chi connectivity index (χ0n) is 65.2. The van der Waals surface area contributed by atoms with Crippen molar-refractivity contribution in [3.8, 4) is 68.9 Å². The average molecular weight is 1610 g/mol. The Bertz CT molecular complexity index is 5890. The Balaban J connectivity index is 0.000000112. The highest BCUT2D eigenvalue weighted by molar-refractivity contribution is 6.31. The zero-order chi connectivity index (χ0) is 81.1. The fourth-order valence-corrected chi connectivity index (χ4v) is 18.2. The van der Waals surface area contributed by atoms with Crippen LogP contribution in [-0.2, 0) is 29.5 Å². The Kier molecular flexibility index (Phi) is 20.5. The monoisotopic (exact) mass is 1610 g/mol. The SMILES string of the molecule is COc1cc(F)c(C(=O)N2CCC3(CC2)Oc2cc(Cl)ccc2-n2cccc23)cc1OC.Cc1cc(C(=O)N2CCC3(CC2)Oc2ccccc2-n2cccc23)ccc1C#N.Cc1cc(F)ccc1C(=O)N1CCC2(CC1)Oc1ccccc1-c1c2cnn1C.O=C(c1ccccc1)N1CCC2(CC1)Oc1cc(Cl)ccc1-n1cccc12. The summed E-state index contributed by atoms with van der Waals surface area (Å²) in [5.74, 6) is 2.51. The normalized spacial score (nSPS) is 16.6. The number of likely N-dealkylation sites (tertiary alicyclic amines) is 4. The van der Waals surface area contributed by atoms with E-state index in [2.05, 4.69) is 67.6 Å². The number of ether oxygens (including phenoxy) is 6. The van der Waals surface area contributed by atoms with E-state index in [1.54, 1.807) is 30.0 Å². The van der Waals surface area contributed by atoms with E-state index in [-0.39, 0.29) is 40.8 Å². The van der Waals surface area contributed by atoms with E-state index < -0.39 is 28.2 Å². The fraction of sp³-hybridized carbons (Fsp3) is 0.269. The molecule has 8 aliphatic rings. The first-order valence-electron chi connectivity index (χ1n) is 39.2. The number of hydrogen-bond donors (Lipinski definition) is 0. The highest BCUT2D eigenvalue weighted by Crippen LogP contribution is 2.52. The van der Waals surface area contributed by atoms with Gasteiger partial charge in [-0.05, 0) is 165 Å². The first kappa shape index (κ1) is 77.0. The number of carbonyl (C=O) groups is 4. The topological polar surface area (TPSA) is 193 Å². The van der Waals surface area contributed by atoms with Crippen LogP contribution in [0.3, 0.4) is 0 Å². The molecule has 594 valence electrons. The molecule has 4 saturated heterocycles. The lowest BCUT2D eigenvalue weighted by atomic mass is 9.81. The largest absolute Gasteiger partial charge is 0.493 e. The van der Waals surface area contributed by atoms with Gasteiger partial charge in [0.25, 0.3) is 23.6 Å². The number of para-hydroxylation sites is 3. The highest BCUT2D eigenvalue weighted by atomic mass is 35.5. The number of nitriles is 1. The molecule has 4 fully saturated rings. The summed E-state index contributed by atoms with van der Waals surface area (Å²) >= 11 is 12.4. The minimum atomic E-state index is -0.640. The van der Waals surface area contributed by atoms with Crippen LogP contribution in [-0.4, -0.2) is 133 Å². The molecule has 0 aliphatic carbocycles. The molecule has 0 unspecified atom stereocenters. The summed E-state index contributed by atoms with van der Waals surface area (Å²) in [6.07, 6.45) is 13.5. The third kappa shape index (κ3) is 14.1. The van der Waals surface area contributed by atoms with Crippen LogP contribution in [0.5, 0.6) is 34.5 Å². The number of rotatable bonds is 6. The van der Waals surface area contributed by atoms with Gasteiger partial charge in [-0.25, -0.2) is 8.78 Å². The van der Waals surface area contributed by atoms with Gasteiger partial charge in [-0.1, -0.05) is 65.7 Å². The lowest BCUT2D eigenvalue weighted by Crippen LogP contribution is -2.50. The molecule has 0 atom stereocenters. The van der Waals surface area contributed by atoms with Crippen molar-refractivity contribution >= 4 is 46.8 Å². The zero-order valence-corrected chi connectivity index (χ0v) is 66.8. The van der Waals surface area contributed by atoms with Crippen LogP contribution < -0.4 is 28.4 Å². The van der Waals surface area contributed by atoms with Gasteiger partial charge < -0.3 is 61.7 Å². The van der Waals surface area contributed by atoms with Gasteiger partial charge in [0.05, 0.1) is 77.5 Å². The lowest BCUT2D eigenvalue weighted by molar-refractivity contribution is -0.00985. The molecule has 20 nitrogen and oxygen atoms in total. The van der Waals surface area contributed by atoms with E-state index in [9.17, 15) is 28.0 Å². The first-order chi connectivity index (χ1) is 56.7. The molecular formula is C93H84Cl2F2N10O10. The average Bonchev–Trinajstić information content (AvgIpc) is 1.71. The Morgan fingerprint density at radius 2 is 0.897 bits per heavy atom. The Morgan fingerprint density at radius 3 is 1.42 bits per heavy atom. The van der Waals surface area contributed by atoms with Gasteiger partial charge in [-0.2, -0.15) is 10.4 Å². The van der Waals surface area contributed by atoms with Gasteiger partial charge in [0.2, 0.25) is 0 Å². The molecule has 0 saturated carbocycles. The van der Waals surface area contributed by atoms with Gasteiger partial charge in [0.15, 0.2) is 28.3 Å².